The molecule has 1 saturated heterocycles. The first-order valence-corrected chi connectivity index (χ1v) is 10.9. The summed E-state index contributed by atoms with van der Waals surface area (Å²) in [5, 5.41) is 4.03. The fourth-order valence-electron chi connectivity index (χ4n) is 4.45. The van der Waals surface area contributed by atoms with Gasteiger partial charge in [0.1, 0.15) is 23.8 Å². The van der Waals surface area contributed by atoms with Gasteiger partial charge in [-0.25, -0.2) is 9.97 Å². The number of rotatable bonds is 5. The Morgan fingerprint density at radius 2 is 2.00 bits per heavy atom. The van der Waals surface area contributed by atoms with Crippen molar-refractivity contribution in [3.05, 3.63) is 84.3 Å². The van der Waals surface area contributed by atoms with Crippen molar-refractivity contribution in [1.29, 1.82) is 0 Å². The number of hydrogen-bond donors (Lipinski definition) is 3. The van der Waals surface area contributed by atoms with Gasteiger partial charge in [0.25, 0.3) is 0 Å². The van der Waals surface area contributed by atoms with Crippen LogP contribution < -0.4 is 16.0 Å². The number of piperidine rings is 1. The highest BCUT2D eigenvalue weighted by Gasteiger charge is 2.24. The smallest absolute Gasteiger partial charge is 0.245 e. The molecule has 4 aromatic rings. The number of carbonyl (C=O) groups excluding carboxylic acids is 1. The Labute approximate surface area is 186 Å². The van der Waals surface area contributed by atoms with E-state index in [2.05, 4.69) is 37.3 Å². The Morgan fingerprint density at radius 1 is 1.12 bits per heavy atom. The lowest BCUT2D eigenvalue weighted by Gasteiger charge is -2.34. The number of nitrogens with two attached hydrogens (primary N) is 1. The van der Waals surface area contributed by atoms with E-state index >= 15 is 0 Å². The summed E-state index contributed by atoms with van der Waals surface area (Å²) in [6, 6.07) is 18.8. The summed E-state index contributed by atoms with van der Waals surface area (Å²) in [5.74, 6) is 1.11. The minimum atomic E-state index is -0.702. The minimum Gasteiger partial charge on any atom is -0.355 e. The number of fused-ring (bicyclic) bond motifs is 1. The molecule has 1 amide bonds. The summed E-state index contributed by atoms with van der Waals surface area (Å²) in [6.07, 6.45) is 5.69. The molecule has 1 aliphatic heterocycles. The van der Waals surface area contributed by atoms with Gasteiger partial charge in [-0.05, 0) is 42.2 Å². The van der Waals surface area contributed by atoms with Crippen LogP contribution in [0.25, 0.3) is 11.0 Å². The Morgan fingerprint density at radius 3 is 2.88 bits per heavy atom. The predicted molar refractivity (Wildman–Crippen MR) is 127 cm³/mol. The van der Waals surface area contributed by atoms with Crippen molar-refractivity contribution in [3.8, 4) is 0 Å². The predicted octanol–water partition coefficient (Wildman–Crippen LogP) is 3.98. The normalized spacial score (nSPS) is 17.3. The molecule has 2 aromatic heterocycles. The zero-order valence-corrected chi connectivity index (χ0v) is 17.7. The van der Waals surface area contributed by atoms with Crippen molar-refractivity contribution in [2.45, 2.75) is 24.8 Å². The highest BCUT2D eigenvalue weighted by Crippen LogP contribution is 2.32. The molecule has 0 spiro atoms. The van der Waals surface area contributed by atoms with Gasteiger partial charge in [-0.1, -0.05) is 42.5 Å². The van der Waals surface area contributed by atoms with Crippen LogP contribution in [0.15, 0.2) is 73.2 Å². The zero-order valence-electron chi connectivity index (χ0n) is 17.7. The van der Waals surface area contributed by atoms with Crippen LogP contribution in [0.4, 0.5) is 11.5 Å². The number of amides is 1. The van der Waals surface area contributed by atoms with Gasteiger partial charge in [0.05, 0.1) is 5.39 Å². The molecule has 162 valence electrons. The Bertz CT molecular complexity index is 1220. The molecule has 2 aromatic carbocycles. The third kappa shape index (κ3) is 4.07. The fraction of sp³-hybridized carbons (Fsp3) is 0.240. The van der Waals surface area contributed by atoms with Gasteiger partial charge in [-0.2, -0.15) is 0 Å². The summed E-state index contributed by atoms with van der Waals surface area (Å²) in [5.41, 5.74) is 9.79. The molecule has 4 N–H and O–H groups in total. The minimum absolute atomic E-state index is 0.213. The van der Waals surface area contributed by atoms with Gasteiger partial charge in [0.2, 0.25) is 5.91 Å². The number of anilines is 2. The molecule has 0 radical (unpaired) electrons. The largest absolute Gasteiger partial charge is 0.355 e. The van der Waals surface area contributed by atoms with Crippen molar-refractivity contribution in [2.24, 2.45) is 5.73 Å². The highest BCUT2D eigenvalue weighted by molar-refractivity contribution is 5.95. The van der Waals surface area contributed by atoms with E-state index in [4.69, 9.17) is 5.73 Å². The maximum absolute atomic E-state index is 12.7. The van der Waals surface area contributed by atoms with Crippen LogP contribution in [0.2, 0.25) is 0 Å². The van der Waals surface area contributed by atoms with E-state index in [-0.39, 0.29) is 5.91 Å². The Kier molecular flexibility index (Phi) is 5.56. The number of aromatic nitrogens is 3. The molecule has 1 unspecified atom stereocenters. The van der Waals surface area contributed by atoms with Gasteiger partial charge >= 0.3 is 0 Å². The number of aromatic amines is 1. The first-order valence-electron chi connectivity index (χ1n) is 10.9. The number of hydrogen-bond acceptors (Lipinski definition) is 5. The quantitative estimate of drug-likeness (QED) is 0.448. The topological polar surface area (TPSA) is 99.9 Å². The van der Waals surface area contributed by atoms with Crippen LogP contribution in [0.1, 0.15) is 35.9 Å². The zero-order chi connectivity index (χ0) is 21.9. The summed E-state index contributed by atoms with van der Waals surface area (Å²) in [6.45, 7) is 1.84. The molecule has 0 bridgehead atoms. The molecule has 3 heterocycles. The lowest BCUT2D eigenvalue weighted by atomic mass is 9.90. The average Bonchev–Trinajstić information content (AvgIpc) is 3.33. The molecule has 2 atom stereocenters. The average molecular weight is 427 g/mol. The maximum Gasteiger partial charge on any atom is 0.245 e. The second-order valence-electron chi connectivity index (χ2n) is 8.23. The highest BCUT2D eigenvalue weighted by atomic mass is 16.2. The van der Waals surface area contributed by atoms with Gasteiger partial charge in [-0.15, -0.1) is 0 Å². The van der Waals surface area contributed by atoms with E-state index in [9.17, 15) is 4.79 Å². The van der Waals surface area contributed by atoms with E-state index < -0.39 is 6.04 Å². The lowest BCUT2D eigenvalue weighted by molar-refractivity contribution is -0.117. The van der Waals surface area contributed by atoms with Gasteiger partial charge in [0.15, 0.2) is 0 Å². The molecule has 32 heavy (non-hydrogen) atoms. The van der Waals surface area contributed by atoms with Gasteiger partial charge in [0, 0.05) is 30.9 Å². The monoisotopic (exact) mass is 426 g/mol. The number of carbonyl (C=O) groups is 1. The summed E-state index contributed by atoms with van der Waals surface area (Å²) in [4.78, 5) is 27.0. The second-order valence-corrected chi connectivity index (χ2v) is 8.23. The van der Waals surface area contributed by atoms with E-state index in [1.165, 1.54) is 5.56 Å². The molecule has 5 rings (SSSR count). The van der Waals surface area contributed by atoms with Crippen LogP contribution in [0, 0.1) is 0 Å². The first kappa shape index (κ1) is 20.2. The standard InChI is InChI=1S/C25H26N6O/c26-22(17-6-2-1-3-7-17)25(32)30-20-10-4-8-18(14-20)19-9-5-13-31(15-19)24-21-11-12-27-23(21)28-16-29-24/h1-4,6-8,10-12,14,16,19,22H,5,9,13,15,26H2,(H,30,32)(H,27,28,29)/t19?,22-/m0/s1. The Hall–Kier alpha value is -3.71. The molecule has 1 aliphatic rings. The summed E-state index contributed by atoms with van der Waals surface area (Å²) in [7, 11) is 0. The van der Waals surface area contributed by atoms with Crippen LogP contribution in [0.3, 0.4) is 0 Å². The summed E-state index contributed by atoms with van der Waals surface area (Å²) >= 11 is 0. The van der Waals surface area contributed by atoms with E-state index in [0.717, 1.165) is 54.0 Å². The number of H-pyrrole nitrogens is 1. The molecule has 0 saturated carbocycles. The van der Waals surface area contributed by atoms with Crippen LogP contribution in [-0.2, 0) is 4.79 Å². The van der Waals surface area contributed by atoms with Crippen molar-refractivity contribution < 1.29 is 4.79 Å². The third-order valence-corrected chi connectivity index (χ3v) is 6.12. The van der Waals surface area contributed by atoms with Crippen molar-refractivity contribution in [1.82, 2.24) is 15.0 Å². The maximum atomic E-state index is 12.7. The SMILES string of the molecule is N[C@H](C(=O)Nc1cccc(C2CCCN(c3ncnc4[nH]ccc34)C2)c1)c1ccccc1. The van der Waals surface area contributed by atoms with E-state index in [0.29, 0.717) is 5.92 Å². The molecular formula is C25H26N6O. The van der Waals surface area contributed by atoms with Crippen LogP contribution >= 0.6 is 0 Å². The molecule has 0 aliphatic carbocycles. The lowest BCUT2D eigenvalue weighted by Crippen LogP contribution is -2.35. The summed E-state index contributed by atoms with van der Waals surface area (Å²) < 4.78 is 0. The van der Waals surface area contributed by atoms with Crippen LogP contribution in [0.5, 0.6) is 0 Å². The van der Waals surface area contributed by atoms with Gasteiger partial charge in [-0.3, -0.25) is 4.79 Å². The third-order valence-electron chi connectivity index (χ3n) is 6.12. The van der Waals surface area contributed by atoms with Crippen molar-refractivity contribution in [2.75, 3.05) is 23.3 Å². The number of benzene rings is 2. The van der Waals surface area contributed by atoms with Gasteiger partial charge < -0.3 is 20.9 Å². The number of nitrogens with zero attached hydrogens (tertiary/aromatic N) is 3. The Balaban J connectivity index is 1.32. The number of nitrogens with one attached hydrogen (secondary N) is 2. The van der Waals surface area contributed by atoms with Crippen molar-refractivity contribution >= 4 is 28.4 Å². The van der Waals surface area contributed by atoms with E-state index in [1.807, 2.05) is 54.7 Å². The van der Waals surface area contributed by atoms with E-state index in [1.54, 1.807) is 6.33 Å². The molecule has 7 nitrogen and oxygen atoms in total. The van der Waals surface area contributed by atoms with Crippen molar-refractivity contribution in [3.63, 3.8) is 0 Å². The molecule has 7 heteroatoms. The van der Waals surface area contributed by atoms with Crippen LogP contribution in [-0.4, -0.2) is 33.9 Å². The second kappa shape index (κ2) is 8.80. The molecular weight excluding hydrogens is 400 g/mol. The fourth-order valence-corrected chi connectivity index (χ4v) is 4.45. The first-order chi connectivity index (χ1) is 15.7. The molecule has 1 fully saturated rings.